The Hall–Kier alpha value is -1.98. The van der Waals surface area contributed by atoms with Crippen LogP contribution in [0, 0.1) is 11.6 Å². The number of benzene rings is 1. The number of guanidine groups is 1. The lowest BCUT2D eigenvalue weighted by molar-refractivity contribution is -0.123. The first-order valence-electron chi connectivity index (χ1n) is 4.99. The van der Waals surface area contributed by atoms with Crippen LogP contribution in [0.4, 0.5) is 8.78 Å². The molecule has 1 amide bonds. The van der Waals surface area contributed by atoms with Crippen LogP contribution in [-0.2, 0) is 10.3 Å². The summed E-state index contributed by atoms with van der Waals surface area (Å²) in [6.45, 7) is 1.51. The summed E-state index contributed by atoms with van der Waals surface area (Å²) >= 11 is 0. The van der Waals surface area contributed by atoms with Crippen LogP contribution in [0.2, 0.25) is 0 Å². The van der Waals surface area contributed by atoms with Gasteiger partial charge in [0.15, 0.2) is 5.96 Å². The van der Waals surface area contributed by atoms with Gasteiger partial charge >= 0.3 is 0 Å². The molecule has 0 spiro atoms. The molecule has 4 nitrogen and oxygen atoms in total. The molecule has 1 saturated heterocycles. The third kappa shape index (κ3) is 1.75. The van der Waals surface area contributed by atoms with Gasteiger partial charge in [0.25, 0.3) is 5.91 Å². The maximum Gasteiger partial charge on any atom is 0.256 e. The summed E-state index contributed by atoms with van der Waals surface area (Å²) in [6, 6.07) is 3.10. The number of hydrogen-bond acceptors (Lipinski definition) is 2. The predicted octanol–water partition coefficient (Wildman–Crippen LogP) is 0.885. The zero-order valence-electron chi connectivity index (χ0n) is 9.34. The molecule has 17 heavy (non-hydrogen) atoms. The first-order chi connectivity index (χ1) is 7.97. The number of nitrogens with zero attached hydrogens (tertiary/aromatic N) is 1. The van der Waals surface area contributed by atoms with E-state index in [2.05, 4.69) is 15.6 Å². The molecule has 6 heteroatoms. The lowest BCUT2D eigenvalue weighted by Gasteiger charge is -2.22. The van der Waals surface area contributed by atoms with E-state index in [-0.39, 0.29) is 11.5 Å². The fourth-order valence-electron chi connectivity index (χ4n) is 1.75. The van der Waals surface area contributed by atoms with E-state index >= 15 is 0 Å². The zero-order valence-corrected chi connectivity index (χ0v) is 9.34. The first kappa shape index (κ1) is 11.5. The van der Waals surface area contributed by atoms with Crippen LogP contribution in [-0.4, -0.2) is 18.9 Å². The molecular formula is C11H11F2N3O. The number of aliphatic imine (C=N–C) groups is 1. The van der Waals surface area contributed by atoms with Crippen molar-refractivity contribution in [3.05, 3.63) is 35.4 Å². The van der Waals surface area contributed by atoms with Crippen molar-refractivity contribution in [1.82, 2.24) is 10.6 Å². The molecule has 1 aromatic carbocycles. The van der Waals surface area contributed by atoms with Gasteiger partial charge in [-0.2, -0.15) is 0 Å². The molecule has 90 valence electrons. The summed E-state index contributed by atoms with van der Waals surface area (Å²) < 4.78 is 26.5. The third-order valence-electron chi connectivity index (χ3n) is 2.75. The van der Waals surface area contributed by atoms with E-state index in [0.717, 1.165) is 12.1 Å². The highest BCUT2D eigenvalue weighted by Crippen LogP contribution is 2.27. The van der Waals surface area contributed by atoms with Crippen LogP contribution in [0.25, 0.3) is 0 Å². The molecule has 1 aliphatic heterocycles. The maximum absolute atomic E-state index is 13.7. The van der Waals surface area contributed by atoms with Crippen LogP contribution in [0.3, 0.4) is 0 Å². The molecule has 1 unspecified atom stereocenters. The summed E-state index contributed by atoms with van der Waals surface area (Å²) in [4.78, 5) is 15.6. The van der Waals surface area contributed by atoms with Crippen LogP contribution in [0.1, 0.15) is 12.5 Å². The van der Waals surface area contributed by atoms with Crippen molar-refractivity contribution in [1.29, 1.82) is 0 Å². The Morgan fingerprint density at radius 2 is 2.06 bits per heavy atom. The van der Waals surface area contributed by atoms with E-state index in [0.29, 0.717) is 0 Å². The van der Waals surface area contributed by atoms with Gasteiger partial charge in [-0.1, -0.05) is 6.07 Å². The van der Waals surface area contributed by atoms with E-state index in [1.165, 1.54) is 20.0 Å². The Morgan fingerprint density at radius 3 is 2.59 bits per heavy atom. The number of carbonyl (C=O) groups is 1. The van der Waals surface area contributed by atoms with Crippen molar-refractivity contribution < 1.29 is 13.6 Å². The topological polar surface area (TPSA) is 53.5 Å². The lowest BCUT2D eigenvalue weighted by atomic mass is 9.92. The molecule has 0 saturated carbocycles. The third-order valence-corrected chi connectivity index (χ3v) is 2.75. The fraction of sp³-hybridized carbons (Fsp3) is 0.273. The summed E-state index contributed by atoms with van der Waals surface area (Å²) in [6.07, 6.45) is 0. The minimum atomic E-state index is -1.27. The summed E-state index contributed by atoms with van der Waals surface area (Å²) in [7, 11) is 1.50. The molecule has 0 aromatic heterocycles. The van der Waals surface area contributed by atoms with Gasteiger partial charge in [0.05, 0.1) is 0 Å². The van der Waals surface area contributed by atoms with Gasteiger partial charge in [-0.25, -0.2) is 8.78 Å². The number of carbonyl (C=O) groups excluding carboxylic acids is 1. The molecule has 0 radical (unpaired) electrons. The van der Waals surface area contributed by atoms with Gasteiger partial charge in [-0.15, -0.1) is 0 Å². The van der Waals surface area contributed by atoms with Crippen molar-refractivity contribution in [2.45, 2.75) is 12.5 Å². The molecule has 1 aliphatic rings. The molecule has 2 rings (SSSR count). The monoisotopic (exact) mass is 239 g/mol. The highest BCUT2D eigenvalue weighted by molar-refractivity contribution is 6.09. The van der Waals surface area contributed by atoms with Crippen molar-refractivity contribution in [3.8, 4) is 0 Å². The molecule has 1 aromatic rings. The SMILES string of the molecule is CN=C1NC(=O)C(C)(c2ccc(F)cc2F)N1. The molecular weight excluding hydrogens is 228 g/mol. The minimum Gasteiger partial charge on any atom is -0.338 e. The first-order valence-corrected chi connectivity index (χ1v) is 4.99. The van der Waals surface area contributed by atoms with E-state index in [4.69, 9.17) is 0 Å². The second-order valence-electron chi connectivity index (χ2n) is 3.90. The van der Waals surface area contributed by atoms with Crippen molar-refractivity contribution >= 4 is 11.9 Å². The van der Waals surface area contributed by atoms with Gasteiger partial charge in [-0.05, 0) is 13.0 Å². The smallest absolute Gasteiger partial charge is 0.256 e. The Bertz CT molecular complexity index is 515. The quantitative estimate of drug-likeness (QED) is 0.764. The van der Waals surface area contributed by atoms with E-state index in [9.17, 15) is 13.6 Å². The second kappa shape index (κ2) is 3.80. The lowest BCUT2D eigenvalue weighted by Crippen LogP contribution is -2.41. The number of hydrogen-bond donors (Lipinski definition) is 2. The number of halogens is 2. The number of amides is 1. The number of rotatable bonds is 1. The van der Waals surface area contributed by atoms with Gasteiger partial charge < -0.3 is 5.32 Å². The highest BCUT2D eigenvalue weighted by Gasteiger charge is 2.43. The van der Waals surface area contributed by atoms with E-state index in [1.807, 2.05) is 0 Å². The van der Waals surface area contributed by atoms with Gasteiger partial charge in [-0.3, -0.25) is 15.1 Å². The van der Waals surface area contributed by atoms with Crippen molar-refractivity contribution in [2.24, 2.45) is 4.99 Å². The normalized spacial score (nSPS) is 25.9. The molecule has 1 heterocycles. The van der Waals surface area contributed by atoms with Crippen LogP contribution in [0.15, 0.2) is 23.2 Å². The highest BCUT2D eigenvalue weighted by atomic mass is 19.1. The minimum absolute atomic E-state index is 0.0788. The summed E-state index contributed by atoms with van der Waals surface area (Å²) in [5.74, 6) is -1.62. The van der Waals surface area contributed by atoms with Gasteiger partial charge in [0.2, 0.25) is 0 Å². The molecule has 2 N–H and O–H groups in total. The average Bonchev–Trinajstić information content (AvgIpc) is 2.55. The van der Waals surface area contributed by atoms with Crippen LogP contribution in [0.5, 0.6) is 0 Å². The Balaban J connectivity index is 2.49. The molecule has 1 atom stereocenters. The Morgan fingerprint density at radius 1 is 1.35 bits per heavy atom. The molecule has 1 fully saturated rings. The Labute approximate surface area is 96.7 Å². The summed E-state index contributed by atoms with van der Waals surface area (Å²) in [5.41, 5.74) is -1.19. The van der Waals surface area contributed by atoms with Crippen LogP contribution < -0.4 is 10.6 Å². The van der Waals surface area contributed by atoms with E-state index < -0.39 is 23.1 Å². The molecule has 0 aliphatic carbocycles. The average molecular weight is 239 g/mol. The van der Waals surface area contributed by atoms with E-state index in [1.54, 1.807) is 0 Å². The second-order valence-corrected chi connectivity index (χ2v) is 3.90. The maximum atomic E-state index is 13.7. The standard InChI is InChI=1S/C11H11F2N3O/c1-11(9(17)15-10(14-2)16-11)7-4-3-6(12)5-8(7)13/h3-5H,1-2H3,(H2,14,15,16,17). The van der Waals surface area contributed by atoms with Crippen LogP contribution >= 0.6 is 0 Å². The predicted molar refractivity (Wildman–Crippen MR) is 58.3 cm³/mol. The number of nitrogens with one attached hydrogen (secondary N) is 2. The summed E-state index contributed by atoms with van der Waals surface area (Å²) in [5, 5.41) is 5.24. The van der Waals surface area contributed by atoms with Crippen molar-refractivity contribution in [2.75, 3.05) is 7.05 Å². The largest absolute Gasteiger partial charge is 0.338 e. The van der Waals surface area contributed by atoms with Crippen molar-refractivity contribution in [3.63, 3.8) is 0 Å². The zero-order chi connectivity index (χ0) is 12.6. The fourth-order valence-corrected chi connectivity index (χ4v) is 1.75. The van der Waals surface area contributed by atoms with Gasteiger partial charge in [0.1, 0.15) is 17.2 Å². The Kier molecular flexibility index (Phi) is 2.57. The molecule has 0 bridgehead atoms. The van der Waals surface area contributed by atoms with Gasteiger partial charge in [0, 0.05) is 18.7 Å².